The highest BCUT2D eigenvalue weighted by atomic mass is 14.7. The molecule has 2 fully saturated rings. The van der Waals surface area contributed by atoms with Crippen LogP contribution >= 0.6 is 0 Å². The van der Waals surface area contributed by atoms with E-state index in [1.807, 2.05) is 0 Å². The van der Waals surface area contributed by atoms with Gasteiger partial charge >= 0.3 is 0 Å². The van der Waals surface area contributed by atoms with Crippen LogP contribution in [0.25, 0.3) is 0 Å². The molecular formula is C12H23N. The van der Waals surface area contributed by atoms with Crippen molar-refractivity contribution >= 4 is 0 Å². The fourth-order valence-electron chi connectivity index (χ4n) is 4.69. The SMILES string of the molecule is CC(N)C1CC(C)C2C(C)C[C@]12C. The molecule has 76 valence electrons. The normalized spacial score (nSPS) is 57.0. The predicted octanol–water partition coefficient (Wildman–Crippen LogP) is 2.65. The molecule has 1 heteroatoms. The quantitative estimate of drug-likeness (QED) is 0.661. The minimum Gasteiger partial charge on any atom is -0.328 e. The third-order valence-electron chi connectivity index (χ3n) is 4.86. The highest BCUT2D eigenvalue weighted by Crippen LogP contribution is 2.65. The summed E-state index contributed by atoms with van der Waals surface area (Å²) in [5, 5.41) is 0. The van der Waals surface area contributed by atoms with E-state index in [9.17, 15) is 0 Å². The van der Waals surface area contributed by atoms with Gasteiger partial charge in [-0.05, 0) is 48.9 Å². The van der Waals surface area contributed by atoms with Crippen molar-refractivity contribution in [3.63, 3.8) is 0 Å². The molecule has 2 saturated carbocycles. The number of hydrogen-bond acceptors (Lipinski definition) is 1. The van der Waals surface area contributed by atoms with Crippen molar-refractivity contribution in [2.45, 2.75) is 46.6 Å². The van der Waals surface area contributed by atoms with Crippen molar-refractivity contribution in [2.75, 3.05) is 0 Å². The molecule has 0 bridgehead atoms. The molecule has 0 amide bonds. The molecule has 2 aliphatic carbocycles. The minimum atomic E-state index is 0.393. The van der Waals surface area contributed by atoms with E-state index >= 15 is 0 Å². The monoisotopic (exact) mass is 181 g/mol. The summed E-state index contributed by atoms with van der Waals surface area (Å²) < 4.78 is 0. The number of rotatable bonds is 1. The maximum absolute atomic E-state index is 6.08. The van der Waals surface area contributed by atoms with Gasteiger partial charge in [0.05, 0.1) is 0 Å². The van der Waals surface area contributed by atoms with Crippen LogP contribution in [-0.2, 0) is 0 Å². The lowest BCUT2D eigenvalue weighted by Gasteiger charge is -2.53. The molecule has 0 aromatic rings. The highest BCUT2D eigenvalue weighted by molar-refractivity contribution is 5.09. The largest absolute Gasteiger partial charge is 0.328 e. The van der Waals surface area contributed by atoms with Crippen molar-refractivity contribution in [3.8, 4) is 0 Å². The molecule has 0 aliphatic heterocycles. The highest BCUT2D eigenvalue weighted by Gasteiger charge is 2.59. The first kappa shape index (κ1) is 9.51. The van der Waals surface area contributed by atoms with Gasteiger partial charge in [-0.2, -0.15) is 0 Å². The zero-order valence-electron chi connectivity index (χ0n) is 9.38. The van der Waals surface area contributed by atoms with Gasteiger partial charge in [0.1, 0.15) is 0 Å². The second kappa shape index (κ2) is 2.73. The molecule has 0 aromatic carbocycles. The fraction of sp³-hybridized carbons (Fsp3) is 1.00. The van der Waals surface area contributed by atoms with E-state index in [0.29, 0.717) is 11.5 Å². The van der Waals surface area contributed by atoms with Crippen LogP contribution in [0, 0.1) is 29.1 Å². The van der Waals surface area contributed by atoms with Gasteiger partial charge in [-0.3, -0.25) is 0 Å². The Morgan fingerprint density at radius 2 is 1.92 bits per heavy atom. The third-order valence-corrected chi connectivity index (χ3v) is 4.86. The van der Waals surface area contributed by atoms with Crippen LogP contribution in [-0.4, -0.2) is 6.04 Å². The first-order valence-corrected chi connectivity index (χ1v) is 5.72. The second-order valence-corrected chi connectivity index (χ2v) is 5.89. The Morgan fingerprint density at radius 1 is 1.31 bits per heavy atom. The van der Waals surface area contributed by atoms with Crippen molar-refractivity contribution < 1.29 is 0 Å². The van der Waals surface area contributed by atoms with Gasteiger partial charge in [-0.25, -0.2) is 0 Å². The lowest BCUT2D eigenvalue weighted by Crippen LogP contribution is -2.49. The molecule has 2 N–H and O–H groups in total. The van der Waals surface area contributed by atoms with Crippen LogP contribution < -0.4 is 5.73 Å². The summed E-state index contributed by atoms with van der Waals surface area (Å²) in [7, 11) is 0. The maximum Gasteiger partial charge on any atom is 0.00441 e. The van der Waals surface area contributed by atoms with Crippen molar-refractivity contribution in [1.29, 1.82) is 0 Å². The zero-order valence-corrected chi connectivity index (χ0v) is 9.38. The summed E-state index contributed by atoms with van der Waals surface area (Å²) in [6.45, 7) is 9.48. The molecule has 5 unspecified atom stereocenters. The number of fused-ring (bicyclic) bond motifs is 1. The summed E-state index contributed by atoms with van der Waals surface area (Å²) in [4.78, 5) is 0. The second-order valence-electron chi connectivity index (χ2n) is 5.89. The van der Waals surface area contributed by atoms with Crippen LogP contribution in [0.4, 0.5) is 0 Å². The molecule has 6 atom stereocenters. The molecule has 13 heavy (non-hydrogen) atoms. The van der Waals surface area contributed by atoms with E-state index in [1.54, 1.807) is 0 Å². The van der Waals surface area contributed by atoms with E-state index < -0.39 is 0 Å². The fourth-order valence-corrected chi connectivity index (χ4v) is 4.69. The molecule has 0 aromatic heterocycles. The Balaban J connectivity index is 2.19. The van der Waals surface area contributed by atoms with Gasteiger partial charge in [0, 0.05) is 6.04 Å². The first-order valence-electron chi connectivity index (χ1n) is 5.72. The molecule has 0 saturated heterocycles. The Hall–Kier alpha value is -0.0400. The van der Waals surface area contributed by atoms with Crippen molar-refractivity contribution in [3.05, 3.63) is 0 Å². The topological polar surface area (TPSA) is 26.0 Å². The predicted molar refractivity (Wildman–Crippen MR) is 56.3 cm³/mol. The summed E-state index contributed by atoms with van der Waals surface area (Å²) >= 11 is 0. The van der Waals surface area contributed by atoms with E-state index in [4.69, 9.17) is 5.73 Å². The Bertz CT molecular complexity index is 211. The lowest BCUT2D eigenvalue weighted by atomic mass is 9.52. The van der Waals surface area contributed by atoms with Crippen molar-refractivity contribution in [2.24, 2.45) is 34.8 Å². The summed E-state index contributed by atoms with van der Waals surface area (Å²) in [5.74, 6) is 3.60. The van der Waals surface area contributed by atoms with Gasteiger partial charge in [0.15, 0.2) is 0 Å². The lowest BCUT2D eigenvalue weighted by molar-refractivity contribution is -0.0406. The molecular weight excluding hydrogens is 158 g/mol. The molecule has 1 nitrogen and oxygen atoms in total. The minimum absolute atomic E-state index is 0.393. The first-order chi connectivity index (χ1) is 5.97. The van der Waals surface area contributed by atoms with E-state index in [2.05, 4.69) is 27.7 Å². The Kier molecular flexibility index (Phi) is 1.99. The van der Waals surface area contributed by atoms with Gasteiger partial charge in [0.25, 0.3) is 0 Å². The van der Waals surface area contributed by atoms with Crippen LogP contribution in [0.1, 0.15) is 40.5 Å². The van der Waals surface area contributed by atoms with Gasteiger partial charge in [-0.1, -0.05) is 20.8 Å². The third kappa shape index (κ3) is 1.09. The van der Waals surface area contributed by atoms with Crippen LogP contribution in [0.2, 0.25) is 0 Å². The Morgan fingerprint density at radius 3 is 2.31 bits per heavy atom. The van der Waals surface area contributed by atoms with Crippen LogP contribution in [0.15, 0.2) is 0 Å². The average Bonchev–Trinajstić information content (AvgIpc) is 2.17. The number of hydrogen-bond donors (Lipinski definition) is 1. The Labute approximate surface area is 82.1 Å². The summed E-state index contributed by atoms with van der Waals surface area (Å²) in [6, 6.07) is 0.393. The van der Waals surface area contributed by atoms with Crippen LogP contribution in [0.3, 0.4) is 0 Å². The zero-order chi connectivity index (χ0) is 9.80. The smallest absolute Gasteiger partial charge is 0.00441 e. The van der Waals surface area contributed by atoms with E-state index in [0.717, 1.165) is 23.7 Å². The molecule has 2 rings (SSSR count). The maximum atomic E-state index is 6.08. The standard InChI is InChI=1S/C12H23N/c1-7-5-10(9(3)13)12(4)6-8(2)11(7)12/h7-11H,5-6,13H2,1-4H3/t7?,8?,9?,10?,11?,12-/m1/s1. The van der Waals surface area contributed by atoms with Gasteiger partial charge in [0.2, 0.25) is 0 Å². The van der Waals surface area contributed by atoms with Gasteiger partial charge < -0.3 is 5.73 Å². The summed E-state index contributed by atoms with van der Waals surface area (Å²) in [5.41, 5.74) is 6.67. The van der Waals surface area contributed by atoms with Crippen molar-refractivity contribution in [1.82, 2.24) is 0 Å². The van der Waals surface area contributed by atoms with Gasteiger partial charge in [-0.15, -0.1) is 0 Å². The average molecular weight is 181 g/mol. The van der Waals surface area contributed by atoms with E-state index in [-0.39, 0.29) is 0 Å². The molecule has 0 spiro atoms. The molecule has 0 heterocycles. The molecule has 2 aliphatic rings. The summed E-state index contributed by atoms with van der Waals surface area (Å²) in [6.07, 6.45) is 2.78. The molecule has 0 radical (unpaired) electrons. The number of nitrogens with two attached hydrogens (primary N) is 1. The van der Waals surface area contributed by atoms with E-state index in [1.165, 1.54) is 12.8 Å². The van der Waals surface area contributed by atoms with Crippen LogP contribution in [0.5, 0.6) is 0 Å².